The Balaban J connectivity index is 1.88. The lowest BCUT2D eigenvalue weighted by molar-refractivity contribution is 1.11. The maximum atomic E-state index is 5.89. The topological polar surface area (TPSA) is 63.8 Å². The van der Waals surface area contributed by atoms with Gasteiger partial charge in [-0.15, -0.1) is 11.3 Å². The van der Waals surface area contributed by atoms with Gasteiger partial charge in [-0.25, -0.2) is 4.98 Å². The van der Waals surface area contributed by atoms with E-state index in [9.17, 15) is 0 Å². The van der Waals surface area contributed by atoms with Gasteiger partial charge in [0.25, 0.3) is 0 Å². The maximum Gasteiger partial charge on any atom is 0.223 e. The van der Waals surface area contributed by atoms with Gasteiger partial charge in [-0.1, -0.05) is 30.7 Å². The molecule has 0 amide bonds. The Morgan fingerprint density at radius 3 is 2.71 bits per heavy atom. The van der Waals surface area contributed by atoms with E-state index in [4.69, 9.17) is 17.3 Å². The van der Waals surface area contributed by atoms with Gasteiger partial charge in [-0.3, -0.25) is 0 Å². The van der Waals surface area contributed by atoms with E-state index >= 15 is 0 Å². The SMILES string of the molecule is CCc1cc2c(NCc3ccc(Cl)cc3)nc(N)nc2s1. The Hall–Kier alpha value is -1.85. The second-order valence-electron chi connectivity index (χ2n) is 4.70. The zero-order chi connectivity index (χ0) is 14.8. The van der Waals surface area contributed by atoms with Crippen molar-refractivity contribution >= 4 is 44.9 Å². The van der Waals surface area contributed by atoms with Crippen LogP contribution in [0.1, 0.15) is 17.4 Å². The monoisotopic (exact) mass is 318 g/mol. The van der Waals surface area contributed by atoms with Crippen LogP contribution in [0, 0.1) is 0 Å². The van der Waals surface area contributed by atoms with Crippen molar-refractivity contribution in [2.75, 3.05) is 11.1 Å². The Labute approximate surface area is 132 Å². The van der Waals surface area contributed by atoms with Crippen molar-refractivity contribution in [3.63, 3.8) is 0 Å². The first kappa shape index (κ1) is 14.1. The summed E-state index contributed by atoms with van der Waals surface area (Å²) >= 11 is 7.55. The predicted octanol–water partition coefficient (Wildman–Crippen LogP) is 4.10. The van der Waals surface area contributed by atoms with E-state index in [1.54, 1.807) is 11.3 Å². The van der Waals surface area contributed by atoms with Crippen LogP contribution in [-0.2, 0) is 13.0 Å². The Morgan fingerprint density at radius 2 is 2.00 bits per heavy atom. The highest BCUT2D eigenvalue weighted by molar-refractivity contribution is 7.18. The summed E-state index contributed by atoms with van der Waals surface area (Å²) in [5.74, 6) is 1.08. The molecular formula is C15H15ClN4S. The quantitative estimate of drug-likeness (QED) is 0.760. The Bertz CT molecular complexity index is 767. The minimum absolute atomic E-state index is 0.297. The number of nitrogens with zero attached hydrogens (tertiary/aromatic N) is 2. The first-order chi connectivity index (χ1) is 10.2. The van der Waals surface area contributed by atoms with Crippen molar-refractivity contribution in [1.29, 1.82) is 0 Å². The van der Waals surface area contributed by atoms with E-state index in [1.807, 2.05) is 24.3 Å². The number of anilines is 2. The first-order valence-electron chi connectivity index (χ1n) is 6.70. The highest BCUT2D eigenvalue weighted by Crippen LogP contribution is 2.30. The van der Waals surface area contributed by atoms with Gasteiger partial charge in [-0.2, -0.15) is 4.98 Å². The third-order valence-corrected chi connectivity index (χ3v) is 4.61. The van der Waals surface area contributed by atoms with Crippen LogP contribution in [0.25, 0.3) is 10.2 Å². The van der Waals surface area contributed by atoms with Gasteiger partial charge >= 0.3 is 0 Å². The average molecular weight is 319 g/mol. The number of aryl methyl sites for hydroxylation is 1. The number of nitrogens with one attached hydrogen (secondary N) is 1. The first-order valence-corrected chi connectivity index (χ1v) is 7.89. The van der Waals surface area contributed by atoms with Gasteiger partial charge in [0.2, 0.25) is 5.95 Å². The number of halogens is 1. The van der Waals surface area contributed by atoms with E-state index in [0.717, 1.165) is 33.0 Å². The van der Waals surface area contributed by atoms with Crippen LogP contribution in [0.5, 0.6) is 0 Å². The largest absolute Gasteiger partial charge is 0.368 e. The molecule has 0 bridgehead atoms. The molecule has 3 rings (SSSR count). The molecule has 2 aromatic heterocycles. The second-order valence-corrected chi connectivity index (χ2v) is 6.25. The van der Waals surface area contributed by atoms with Crippen molar-refractivity contribution in [1.82, 2.24) is 9.97 Å². The predicted molar refractivity (Wildman–Crippen MR) is 90.0 cm³/mol. The number of benzene rings is 1. The third kappa shape index (κ3) is 3.09. The summed E-state index contributed by atoms with van der Waals surface area (Å²) in [5, 5.41) is 5.10. The maximum absolute atomic E-state index is 5.89. The molecule has 0 atom stereocenters. The number of nitrogens with two attached hydrogens (primary N) is 1. The normalized spacial score (nSPS) is 11.0. The number of hydrogen-bond donors (Lipinski definition) is 2. The number of aromatic nitrogens is 2. The van der Waals surface area contributed by atoms with Crippen LogP contribution < -0.4 is 11.1 Å². The molecule has 0 saturated carbocycles. The molecule has 0 saturated heterocycles. The summed E-state index contributed by atoms with van der Waals surface area (Å²) in [5.41, 5.74) is 6.93. The summed E-state index contributed by atoms with van der Waals surface area (Å²) < 4.78 is 0. The van der Waals surface area contributed by atoms with Crippen LogP contribution >= 0.6 is 22.9 Å². The molecule has 2 heterocycles. The van der Waals surface area contributed by atoms with Gasteiger partial charge in [0.05, 0.1) is 5.39 Å². The number of thiophene rings is 1. The van der Waals surface area contributed by atoms with Gasteiger partial charge in [0, 0.05) is 16.4 Å². The fourth-order valence-corrected chi connectivity index (χ4v) is 3.19. The van der Waals surface area contributed by atoms with Crippen LogP contribution in [0.4, 0.5) is 11.8 Å². The molecule has 0 radical (unpaired) electrons. The van der Waals surface area contributed by atoms with Crippen molar-refractivity contribution in [2.45, 2.75) is 19.9 Å². The van der Waals surface area contributed by atoms with Crippen molar-refractivity contribution < 1.29 is 0 Å². The third-order valence-electron chi connectivity index (χ3n) is 3.18. The number of rotatable bonds is 4. The molecule has 3 N–H and O–H groups in total. The minimum Gasteiger partial charge on any atom is -0.368 e. The zero-order valence-electron chi connectivity index (χ0n) is 11.6. The van der Waals surface area contributed by atoms with E-state index < -0.39 is 0 Å². The Kier molecular flexibility index (Phi) is 3.94. The molecule has 21 heavy (non-hydrogen) atoms. The molecule has 108 valence electrons. The summed E-state index contributed by atoms with van der Waals surface area (Å²) in [6.07, 6.45) is 0.984. The lowest BCUT2D eigenvalue weighted by atomic mass is 10.2. The van der Waals surface area contributed by atoms with Crippen molar-refractivity contribution in [3.8, 4) is 0 Å². The molecule has 4 nitrogen and oxygen atoms in total. The fraction of sp³-hybridized carbons (Fsp3) is 0.200. The Morgan fingerprint density at radius 1 is 1.24 bits per heavy atom. The molecule has 0 spiro atoms. The number of hydrogen-bond acceptors (Lipinski definition) is 5. The molecule has 0 fully saturated rings. The smallest absolute Gasteiger partial charge is 0.223 e. The molecule has 0 aliphatic carbocycles. The lowest BCUT2D eigenvalue weighted by Gasteiger charge is -2.07. The molecule has 1 aromatic carbocycles. The standard InChI is InChI=1S/C15H15ClN4S/c1-2-11-7-12-13(19-15(17)20-14(12)21-11)18-8-9-3-5-10(16)6-4-9/h3-7H,2,8H2,1H3,(H3,17,18,19,20). The van der Waals surface area contributed by atoms with E-state index in [2.05, 4.69) is 28.3 Å². The number of nitrogen functional groups attached to an aromatic ring is 1. The minimum atomic E-state index is 0.297. The highest BCUT2D eigenvalue weighted by atomic mass is 35.5. The van der Waals surface area contributed by atoms with Crippen molar-refractivity contribution in [2.24, 2.45) is 0 Å². The number of fused-ring (bicyclic) bond motifs is 1. The van der Waals surface area contributed by atoms with Gasteiger partial charge in [-0.05, 0) is 30.2 Å². The summed E-state index contributed by atoms with van der Waals surface area (Å²) in [6.45, 7) is 2.79. The molecule has 3 aromatic rings. The highest BCUT2D eigenvalue weighted by Gasteiger charge is 2.10. The lowest BCUT2D eigenvalue weighted by Crippen LogP contribution is -2.04. The van der Waals surface area contributed by atoms with Crippen molar-refractivity contribution in [3.05, 3.63) is 45.8 Å². The molecule has 6 heteroatoms. The molecular weight excluding hydrogens is 304 g/mol. The van der Waals surface area contributed by atoms with Gasteiger partial charge in [0.1, 0.15) is 10.6 Å². The van der Waals surface area contributed by atoms with Crippen LogP contribution in [-0.4, -0.2) is 9.97 Å². The average Bonchev–Trinajstić information content (AvgIpc) is 2.89. The summed E-state index contributed by atoms with van der Waals surface area (Å²) in [7, 11) is 0. The van der Waals surface area contributed by atoms with Gasteiger partial charge in [0.15, 0.2) is 0 Å². The van der Waals surface area contributed by atoms with Gasteiger partial charge < -0.3 is 11.1 Å². The van der Waals surface area contributed by atoms with E-state index in [0.29, 0.717) is 12.5 Å². The molecule has 0 unspecified atom stereocenters. The summed E-state index contributed by atoms with van der Waals surface area (Å²) in [4.78, 5) is 10.8. The van der Waals surface area contributed by atoms with E-state index in [1.165, 1.54) is 4.88 Å². The second kappa shape index (κ2) is 5.87. The fourth-order valence-electron chi connectivity index (χ4n) is 2.08. The van der Waals surface area contributed by atoms with Crippen LogP contribution in [0.3, 0.4) is 0 Å². The van der Waals surface area contributed by atoms with E-state index in [-0.39, 0.29) is 0 Å². The summed E-state index contributed by atoms with van der Waals surface area (Å²) in [6, 6.07) is 9.86. The molecule has 0 aliphatic rings. The van der Waals surface area contributed by atoms with Crippen LogP contribution in [0.15, 0.2) is 30.3 Å². The zero-order valence-corrected chi connectivity index (χ0v) is 13.1. The molecule has 0 aliphatic heterocycles. The van der Waals surface area contributed by atoms with Crippen LogP contribution in [0.2, 0.25) is 5.02 Å².